The lowest BCUT2D eigenvalue weighted by atomic mass is 10.2. The van der Waals surface area contributed by atoms with Gasteiger partial charge in [0.1, 0.15) is 11.9 Å². The molecular formula is C11H15N3O2S. The van der Waals surface area contributed by atoms with Gasteiger partial charge in [-0.05, 0) is 25.2 Å². The van der Waals surface area contributed by atoms with Crippen LogP contribution in [-0.4, -0.2) is 27.5 Å². The molecule has 0 amide bonds. The fourth-order valence-corrected chi connectivity index (χ4v) is 3.16. The van der Waals surface area contributed by atoms with E-state index < -0.39 is 4.92 Å². The minimum absolute atomic E-state index is 0.0549. The standard InChI is InChI=1S/C11H15N3O2S/c1-17-11-4-2-3-9(11)13-8-5-6-12-7-10(8)14(15)16/h5-7,9,11H,2-4H2,1H3,(H,12,13). The zero-order chi connectivity index (χ0) is 12.3. The molecule has 1 fully saturated rings. The summed E-state index contributed by atoms with van der Waals surface area (Å²) in [5.41, 5.74) is 0.634. The molecular weight excluding hydrogens is 238 g/mol. The normalized spacial score (nSPS) is 23.6. The lowest BCUT2D eigenvalue weighted by molar-refractivity contribution is -0.384. The van der Waals surface area contributed by atoms with Gasteiger partial charge in [-0.25, -0.2) is 0 Å². The van der Waals surface area contributed by atoms with E-state index in [9.17, 15) is 10.1 Å². The highest BCUT2D eigenvalue weighted by atomic mass is 32.2. The quantitative estimate of drug-likeness (QED) is 0.660. The van der Waals surface area contributed by atoms with Crippen LogP contribution < -0.4 is 5.32 Å². The maximum absolute atomic E-state index is 10.9. The molecule has 2 atom stereocenters. The van der Waals surface area contributed by atoms with Gasteiger partial charge >= 0.3 is 5.69 Å². The van der Waals surface area contributed by atoms with E-state index in [2.05, 4.69) is 16.6 Å². The van der Waals surface area contributed by atoms with Gasteiger partial charge in [-0.2, -0.15) is 11.8 Å². The van der Waals surface area contributed by atoms with Gasteiger partial charge in [-0.15, -0.1) is 0 Å². The topological polar surface area (TPSA) is 68.1 Å². The summed E-state index contributed by atoms with van der Waals surface area (Å²) in [5.74, 6) is 0. The zero-order valence-corrected chi connectivity index (χ0v) is 10.4. The van der Waals surface area contributed by atoms with Crippen LogP contribution in [0, 0.1) is 10.1 Å². The van der Waals surface area contributed by atoms with Crippen LogP contribution in [0.4, 0.5) is 11.4 Å². The van der Waals surface area contributed by atoms with Crippen LogP contribution in [0.3, 0.4) is 0 Å². The first-order chi connectivity index (χ1) is 8.22. The first kappa shape index (κ1) is 12.2. The van der Waals surface area contributed by atoms with Gasteiger partial charge in [0.2, 0.25) is 0 Å². The maximum atomic E-state index is 10.9. The minimum Gasteiger partial charge on any atom is -0.376 e. The molecule has 6 heteroatoms. The van der Waals surface area contributed by atoms with Gasteiger partial charge < -0.3 is 5.32 Å². The number of pyridine rings is 1. The molecule has 5 nitrogen and oxygen atoms in total. The van der Waals surface area contributed by atoms with Crippen LogP contribution in [-0.2, 0) is 0 Å². The largest absolute Gasteiger partial charge is 0.376 e. The summed E-state index contributed by atoms with van der Waals surface area (Å²) in [6.07, 6.45) is 8.40. The van der Waals surface area contributed by atoms with E-state index in [0.717, 1.165) is 6.42 Å². The van der Waals surface area contributed by atoms with Crippen LogP contribution in [0.15, 0.2) is 18.5 Å². The monoisotopic (exact) mass is 253 g/mol. The van der Waals surface area contributed by atoms with Gasteiger partial charge in [0.15, 0.2) is 0 Å². The molecule has 1 saturated carbocycles. The average Bonchev–Trinajstić information content (AvgIpc) is 2.77. The van der Waals surface area contributed by atoms with Crippen molar-refractivity contribution in [2.24, 2.45) is 0 Å². The molecule has 0 aromatic carbocycles. The second kappa shape index (κ2) is 5.35. The van der Waals surface area contributed by atoms with Crippen LogP contribution in [0.1, 0.15) is 19.3 Å². The highest BCUT2D eigenvalue weighted by Crippen LogP contribution is 2.32. The number of thioether (sulfide) groups is 1. The minimum atomic E-state index is -0.390. The highest BCUT2D eigenvalue weighted by molar-refractivity contribution is 7.99. The predicted octanol–water partition coefficient (Wildman–Crippen LogP) is 2.69. The highest BCUT2D eigenvalue weighted by Gasteiger charge is 2.28. The molecule has 1 heterocycles. The Kier molecular flexibility index (Phi) is 3.83. The molecule has 1 aliphatic rings. The Hall–Kier alpha value is -1.30. The Morgan fingerprint density at radius 1 is 1.59 bits per heavy atom. The van der Waals surface area contributed by atoms with Crippen molar-refractivity contribution >= 4 is 23.1 Å². The van der Waals surface area contributed by atoms with Crippen LogP contribution in [0.5, 0.6) is 0 Å². The maximum Gasteiger partial charge on any atom is 0.310 e. The molecule has 2 unspecified atom stereocenters. The van der Waals surface area contributed by atoms with Gasteiger partial charge in [-0.3, -0.25) is 15.1 Å². The first-order valence-corrected chi connectivity index (χ1v) is 6.89. The van der Waals surface area contributed by atoms with Crippen molar-refractivity contribution in [3.8, 4) is 0 Å². The lowest BCUT2D eigenvalue weighted by Gasteiger charge is -2.19. The molecule has 1 aromatic rings. The van der Waals surface area contributed by atoms with E-state index in [-0.39, 0.29) is 5.69 Å². The molecule has 0 spiro atoms. The third-order valence-electron chi connectivity index (χ3n) is 3.09. The second-order valence-corrected chi connectivity index (χ2v) is 5.18. The third-order valence-corrected chi connectivity index (χ3v) is 4.26. The van der Waals surface area contributed by atoms with E-state index in [1.165, 1.54) is 19.0 Å². The fraction of sp³-hybridized carbons (Fsp3) is 0.545. The van der Waals surface area contributed by atoms with Gasteiger partial charge in [0.05, 0.1) is 4.92 Å². The molecule has 0 radical (unpaired) electrons. The summed E-state index contributed by atoms with van der Waals surface area (Å²) in [4.78, 5) is 14.3. The van der Waals surface area contributed by atoms with Crippen molar-refractivity contribution < 1.29 is 4.92 Å². The van der Waals surface area contributed by atoms with Crippen molar-refractivity contribution in [2.45, 2.75) is 30.6 Å². The Bertz CT molecular complexity index is 413. The summed E-state index contributed by atoms with van der Waals surface area (Å²) in [6.45, 7) is 0. The number of aromatic nitrogens is 1. The zero-order valence-electron chi connectivity index (χ0n) is 9.63. The molecule has 0 aliphatic heterocycles. The van der Waals surface area contributed by atoms with Crippen LogP contribution >= 0.6 is 11.8 Å². The molecule has 0 saturated heterocycles. The Morgan fingerprint density at radius 3 is 3.12 bits per heavy atom. The number of rotatable bonds is 4. The predicted molar refractivity (Wildman–Crippen MR) is 69.5 cm³/mol. The van der Waals surface area contributed by atoms with Crippen molar-refractivity contribution in [3.63, 3.8) is 0 Å². The van der Waals surface area contributed by atoms with E-state index in [4.69, 9.17) is 0 Å². The SMILES string of the molecule is CSC1CCCC1Nc1ccncc1[N+](=O)[O-]. The molecule has 1 N–H and O–H groups in total. The molecule has 0 bridgehead atoms. The number of hydrogen-bond acceptors (Lipinski definition) is 5. The van der Waals surface area contributed by atoms with Crippen LogP contribution in [0.2, 0.25) is 0 Å². The summed E-state index contributed by atoms with van der Waals surface area (Å²) >= 11 is 1.83. The number of nitrogens with one attached hydrogen (secondary N) is 1. The van der Waals surface area contributed by atoms with Crippen molar-refractivity contribution in [2.75, 3.05) is 11.6 Å². The summed E-state index contributed by atoms with van der Waals surface area (Å²) < 4.78 is 0. The van der Waals surface area contributed by atoms with Gasteiger partial charge in [-0.1, -0.05) is 6.42 Å². The second-order valence-electron chi connectivity index (χ2n) is 4.11. The number of nitrogens with zero attached hydrogens (tertiary/aromatic N) is 2. The van der Waals surface area contributed by atoms with Crippen molar-refractivity contribution in [1.29, 1.82) is 0 Å². The first-order valence-electron chi connectivity index (χ1n) is 5.60. The van der Waals surface area contributed by atoms with Crippen molar-refractivity contribution in [1.82, 2.24) is 4.98 Å². The smallest absolute Gasteiger partial charge is 0.310 e. The van der Waals surface area contributed by atoms with E-state index >= 15 is 0 Å². The average molecular weight is 253 g/mol. The summed E-state index contributed by atoms with van der Waals surface area (Å²) in [6, 6.07) is 2.00. The molecule has 1 aromatic heterocycles. The number of nitro groups is 1. The van der Waals surface area contributed by atoms with E-state index in [0.29, 0.717) is 17.0 Å². The molecule has 17 heavy (non-hydrogen) atoms. The number of hydrogen-bond donors (Lipinski definition) is 1. The summed E-state index contributed by atoms with van der Waals surface area (Å²) in [5, 5.41) is 14.7. The van der Waals surface area contributed by atoms with Crippen molar-refractivity contribution in [3.05, 3.63) is 28.6 Å². The Labute approximate surface area is 104 Å². The lowest BCUT2D eigenvalue weighted by Crippen LogP contribution is -2.26. The molecule has 92 valence electrons. The van der Waals surface area contributed by atoms with Gasteiger partial charge in [0.25, 0.3) is 0 Å². The number of anilines is 1. The van der Waals surface area contributed by atoms with Gasteiger partial charge in [0, 0.05) is 17.5 Å². The molecule has 1 aliphatic carbocycles. The Balaban J connectivity index is 2.15. The fourth-order valence-electron chi connectivity index (χ4n) is 2.23. The van der Waals surface area contributed by atoms with E-state index in [1.807, 2.05) is 11.8 Å². The summed E-state index contributed by atoms with van der Waals surface area (Å²) in [7, 11) is 0. The molecule has 2 rings (SSSR count). The van der Waals surface area contributed by atoms with Crippen LogP contribution in [0.25, 0.3) is 0 Å². The Morgan fingerprint density at radius 2 is 2.41 bits per heavy atom. The van der Waals surface area contributed by atoms with E-state index in [1.54, 1.807) is 12.3 Å². The third kappa shape index (κ3) is 2.69.